The highest BCUT2D eigenvalue weighted by molar-refractivity contribution is 5.97. The SMILES string of the molecule is Cc1ccc(C(=O)N2CC(C)OC(C)C2)c(C#CCO)c1. The summed E-state index contributed by atoms with van der Waals surface area (Å²) in [5.74, 6) is 5.46. The lowest BCUT2D eigenvalue weighted by molar-refractivity contribution is -0.0586. The van der Waals surface area contributed by atoms with Crippen LogP contribution in [0.1, 0.15) is 35.3 Å². The molecule has 1 aliphatic heterocycles. The number of hydrogen-bond acceptors (Lipinski definition) is 3. The van der Waals surface area contributed by atoms with Crippen molar-refractivity contribution in [2.45, 2.75) is 33.0 Å². The molecule has 2 unspecified atom stereocenters. The molecule has 0 bridgehead atoms. The molecule has 1 aromatic rings. The van der Waals surface area contributed by atoms with Crippen molar-refractivity contribution in [2.24, 2.45) is 0 Å². The normalized spacial score (nSPS) is 21.6. The third kappa shape index (κ3) is 3.84. The fraction of sp³-hybridized carbons (Fsp3) is 0.471. The Labute approximate surface area is 125 Å². The number of ether oxygens (including phenoxy) is 1. The van der Waals surface area contributed by atoms with Crippen LogP contribution in [0.25, 0.3) is 0 Å². The lowest BCUT2D eigenvalue weighted by atomic mass is 10.0. The Kier molecular flexibility index (Phi) is 5.00. The van der Waals surface area contributed by atoms with Crippen molar-refractivity contribution in [2.75, 3.05) is 19.7 Å². The van der Waals surface area contributed by atoms with E-state index in [4.69, 9.17) is 9.84 Å². The second kappa shape index (κ2) is 6.75. The zero-order chi connectivity index (χ0) is 15.4. The quantitative estimate of drug-likeness (QED) is 0.798. The number of hydrogen-bond donors (Lipinski definition) is 1. The molecule has 4 heteroatoms. The van der Waals surface area contributed by atoms with Crippen molar-refractivity contribution >= 4 is 5.91 Å². The van der Waals surface area contributed by atoms with Crippen LogP contribution in [0.4, 0.5) is 0 Å². The minimum absolute atomic E-state index is 0.0285. The summed E-state index contributed by atoms with van der Waals surface area (Å²) >= 11 is 0. The molecule has 1 N–H and O–H groups in total. The second-order valence-corrected chi connectivity index (χ2v) is 5.48. The van der Waals surface area contributed by atoms with Gasteiger partial charge >= 0.3 is 0 Å². The van der Waals surface area contributed by atoms with E-state index in [0.717, 1.165) is 5.56 Å². The van der Waals surface area contributed by atoms with Crippen LogP contribution in [-0.4, -0.2) is 47.8 Å². The fourth-order valence-corrected chi connectivity index (χ4v) is 2.60. The Bertz CT molecular complexity index is 575. The highest BCUT2D eigenvalue weighted by atomic mass is 16.5. The molecule has 0 aliphatic carbocycles. The van der Waals surface area contributed by atoms with Gasteiger partial charge in [0.1, 0.15) is 6.61 Å². The lowest BCUT2D eigenvalue weighted by Crippen LogP contribution is -2.48. The Morgan fingerprint density at radius 1 is 1.38 bits per heavy atom. The first kappa shape index (κ1) is 15.6. The van der Waals surface area contributed by atoms with Gasteiger partial charge in [0.15, 0.2) is 0 Å². The molecule has 0 radical (unpaired) electrons. The van der Waals surface area contributed by atoms with E-state index in [1.807, 2.05) is 43.9 Å². The third-order valence-electron chi connectivity index (χ3n) is 3.41. The second-order valence-electron chi connectivity index (χ2n) is 5.48. The highest BCUT2D eigenvalue weighted by Gasteiger charge is 2.27. The number of amides is 1. The molecule has 21 heavy (non-hydrogen) atoms. The fourth-order valence-electron chi connectivity index (χ4n) is 2.60. The van der Waals surface area contributed by atoms with Crippen LogP contribution < -0.4 is 0 Å². The maximum Gasteiger partial charge on any atom is 0.255 e. The minimum atomic E-state index is -0.215. The van der Waals surface area contributed by atoms with E-state index in [2.05, 4.69) is 11.8 Å². The van der Waals surface area contributed by atoms with Gasteiger partial charge in [0.2, 0.25) is 0 Å². The molecule has 112 valence electrons. The number of morpholine rings is 1. The number of carbonyl (C=O) groups excluding carboxylic acids is 1. The molecule has 1 fully saturated rings. The minimum Gasteiger partial charge on any atom is -0.384 e. The predicted octanol–water partition coefficient (Wildman–Crippen LogP) is 1.59. The summed E-state index contributed by atoms with van der Waals surface area (Å²) in [4.78, 5) is 14.5. The number of benzene rings is 1. The van der Waals surface area contributed by atoms with Crippen LogP contribution in [0.5, 0.6) is 0 Å². The lowest BCUT2D eigenvalue weighted by Gasteiger charge is -2.35. The topological polar surface area (TPSA) is 49.8 Å². The molecule has 1 saturated heterocycles. The van der Waals surface area contributed by atoms with E-state index >= 15 is 0 Å². The first-order valence-corrected chi connectivity index (χ1v) is 7.16. The van der Waals surface area contributed by atoms with Crippen molar-refractivity contribution < 1.29 is 14.6 Å². The van der Waals surface area contributed by atoms with Crippen molar-refractivity contribution in [3.05, 3.63) is 34.9 Å². The van der Waals surface area contributed by atoms with Crippen LogP contribution in [0.2, 0.25) is 0 Å². The number of aliphatic hydroxyl groups excluding tert-OH is 1. The summed E-state index contributed by atoms with van der Waals surface area (Å²) in [6, 6.07) is 5.59. The van der Waals surface area contributed by atoms with E-state index < -0.39 is 0 Å². The van der Waals surface area contributed by atoms with Crippen LogP contribution in [-0.2, 0) is 4.74 Å². The van der Waals surface area contributed by atoms with Crippen LogP contribution in [0, 0.1) is 18.8 Å². The van der Waals surface area contributed by atoms with E-state index in [-0.39, 0.29) is 24.7 Å². The largest absolute Gasteiger partial charge is 0.384 e. The summed E-state index contributed by atoms with van der Waals surface area (Å²) in [6.07, 6.45) is 0.0743. The molecule has 1 heterocycles. The van der Waals surface area contributed by atoms with Crippen LogP contribution in [0.15, 0.2) is 18.2 Å². The summed E-state index contributed by atoms with van der Waals surface area (Å²) in [7, 11) is 0. The Balaban J connectivity index is 2.30. The Morgan fingerprint density at radius 3 is 2.67 bits per heavy atom. The van der Waals surface area contributed by atoms with Crippen LogP contribution in [0.3, 0.4) is 0 Å². The maximum atomic E-state index is 12.7. The standard InChI is InChI=1S/C17H21NO3/c1-12-6-7-16(15(9-12)5-4-8-19)17(20)18-10-13(2)21-14(3)11-18/h6-7,9,13-14,19H,8,10-11H2,1-3H3. The number of aryl methyl sites for hydroxylation is 1. The number of rotatable bonds is 1. The zero-order valence-electron chi connectivity index (χ0n) is 12.7. The summed E-state index contributed by atoms with van der Waals surface area (Å²) < 4.78 is 5.66. The first-order chi connectivity index (χ1) is 10.0. The molecule has 0 spiro atoms. The molecular weight excluding hydrogens is 266 g/mol. The van der Waals surface area contributed by atoms with Gasteiger partial charge in [-0.05, 0) is 38.5 Å². The predicted molar refractivity (Wildman–Crippen MR) is 81.1 cm³/mol. The van der Waals surface area contributed by atoms with Gasteiger partial charge in [0, 0.05) is 18.7 Å². The van der Waals surface area contributed by atoms with Gasteiger partial charge in [-0.15, -0.1) is 0 Å². The summed E-state index contributed by atoms with van der Waals surface area (Å²) in [5, 5.41) is 8.86. The van der Waals surface area contributed by atoms with Gasteiger partial charge in [-0.25, -0.2) is 0 Å². The van der Waals surface area contributed by atoms with Gasteiger partial charge in [-0.3, -0.25) is 4.79 Å². The molecule has 1 aliphatic rings. The first-order valence-electron chi connectivity index (χ1n) is 7.16. The molecule has 0 aromatic heterocycles. The average molecular weight is 287 g/mol. The Hall–Kier alpha value is -1.83. The monoisotopic (exact) mass is 287 g/mol. The van der Waals surface area contributed by atoms with Crippen LogP contribution >= 0.6 is 0 Å². The van der Waals surface area contributed by atoms with Crippen molar-refractivity contribution in [3.63, 3.8) is 0 Å². The smallest absolute Gasteiger partial charge is 0.255 e. The maximum absolute atomic E-state index is 12.7. The molecule has 0 saturated carbocycles. The average Bonchev–Trinajstić information content (AvgIpc) is 2.43. The van der Waals surface area contributed by atoms with Crippen molar-refractivity contribution in [1.29, 1.82) is 0 Å². The number of nitrogens with zero attached hydrogens (tertiary/aromatic N) is 1. The summed E-state index contributed by atoms with van der Waals surface area (Å²) in [5.41, 5.74) is 2.29. The molecule has 1 aromatic carbocycles. The molecule has 1 amide bonds. The van der Waals surface area contributed by atoms with E-state index in [1.165, 1.54) is 0 Å². The number of carbonyl (C=O) groups is 1. The van der Waals surface area contributed by atoms with E-state index in [0.29, 0.717) is 24.2 Å². The summed E-state index contributed by atoms with van der Waals surface area (Å²) in [6.45, 7) is 6.85. The van der Waals surface area contributed by atoms with Crippen molar-refractivity contribution in [1.82, 2.24) is 4.90 Å². The molecule has 2 rings (SSSR count). The van der Waals surface area contributed by atoms with E-state index in [1.54, 1.807) is 0 Å². The van der Waals surface area contributed by atoms with Gasteiger partial charge in [-0.2, -0.15) is 0 Å². The third-order valence-corrected chi connectivity index (χ3v) is 3.41. The van der Waals surface area contributed by atoms with Gasteiger partial charge in [0.05, 0.1) is 17.8 Å². The molecule has 4 nitrogen and oxygen atoms in total. The number of aliphatic hydroxyl groups is 1. The van der Waals surface area contributed by atoms with Gasteiger partial charge in [0.25, 0.3) is 5.91 Å². The molecular formula is C17H21NO3. The zero-order valence-corrected chi connectivity index (χ0v) is 12.7. The van der Waals surface area contributed by atoms with Gasteiger partial charge in [-0.1, -0.05) is 17.9 Å². The van der Waals surface area contributed by atoms with Crippen molar-refractivity contribution in [3.8, 4) is 11.8 Å². The van der Waals surface area contributed by atoms with Gasteiger partial charge < -0.3 is 14.7 Å². The van der Waals surface area contributed by atoms with E-state index in [9.17, 15) is 4.79 Å². The molecule has 2 atom stereocenters. The Morgan fingerprint density at radius 2 is 2.05 bits per heavy atom. The highest BCUT2D eigenvalue weighted by Crippen LogP contribution is 2.17.